The third-order valence-corrected chi connectivity index (χ3v) is 5.11. The Balaban J connectivity index is 2.13. The second-order valence-electron chi connectivity index (χ2n) is 6.09. The molecule has 2 rings (SSSR count). The van der Waals surface area contributed by atoms with E-state index in [0.717, 1.165) is 11.6 Å². The number of rotatable bonds is 6. The van der Waals surface area contributed by atoms with Crippen molar-refractivity contribution in [2.45, 2.75) is 32.4 Å². The molecule has 1 heterocycles. The molecule has 0 spiro atoms. The Kier molecular flexibility index (Phi) is 4.65. The van der Waals surface area contributed by atoms with Gasteiger partial charge in [0.2, 0.25) is 5.28 Å². The van der Waals surface area contributed by atoms with Gasteiger partial charge in [0, 0.05) is 26.8 Å². The van der Waals surface area contributed by atoms with Gasteiger partial charge in [0.1, 0.15) is 6.73 Å². The lowest BCUT2D eigenvalue weighted by molar-refractivity contribution is -0.384. The molecule has 0 saturated carbocycles. The molecule has 0 amide bonds. The van der Waals surface area contributed by atoms with E-state index in [1.807, 2.05) is 0 Å². The number of hydrogen-bond donors (Lipinski definition) is 0. The predicted molar refractivity (Wildman–Crippen MR) is 85.5 cm³/mol. The number of imidazole rings is 1. The molecule has 1 aromatic carbocycles. The first kappa shape index (κ1) is 15.9. The van der Waals surface area contributed by atoms with Crippen LogP contribution in [0.15, 0.2) is 18.2 Å². The van der Waals surface area contributed by atoms with E-state index < -0.39 is 13.0 Å². The highest BCUT2D eigenvalue weighted by molar-refractivity contribution is 6.76. The number of ether oxygens (including phenoxy) is 1. The molecule has 114 valence electrons. The minimum Gasteiger partial charge on any atom is -0.361 e. The van der Waals surface area contributed by atoms with Gasteiger partial charge in [-0.3, -0.25) is 14.7 Å². The Bertz CT molecular complexity index is 666. The summed E-state index contributed by atoms with van der Waals surface area (Å²) >= 11 is 6.08. The van der Waals surface area contributed by atoms with Crippen molar-refractivity contribution in [1.29, 1.82) is 0 Å². The van der Waals surface area contributed by atoms with Crippen LogP contribution in [0.4, 0.5) is 5.69 Å². The van der Waals surface area contributed by atoms with Gasteiger partial charge >= 0.3 is 0 Å². The zero-order chi connectivity index (χ0) is 15.6. The number of non-ortho nitro benzene ring substituents is 1. The Morgan fingerprint density at radius 1 is 1.43 bits per heavy atom. The maximum absolute atomic E-state index is 10.8. The van der Waals surface area contributed by atoms with Gasteiger partial charge in [-0.15, -0.1) is 0 Å². The number of fused-ring (bicyclic) bond motifs is 1. The van der Waals surface area contributed by atoms with Gasteiger partial charge in [-0.05, 0) is 23.7 Å². The average Bonchev–Trinajstić information content (AvgIpc) is 2.68. The van der Waals surface area contributed by atoms with Crippen molar-refractivity contribution in [3.63, 3.8) is 0 Å². The van der Waals surface area contributed by atoms with Crippen LogP contribution in [0.5, 0.6) is 0 Å². The second-order valence-corrected chi connectivity index (χ2v) is 12.0. The Morgan fingerprint density at radius 3 is 2.76 bits per heavy atom. The maximum atomic E-state index is 10.8. The van der Waals surface area contributed by atoms with Crippen LogP contribution in [-0.2, 0) is 11.5 Å². The molecule has 0 fully saturated rings. The van der Waals surface area contributed by atoms with E-state index in [1.54, 1.807) is 10.6 Å². The molecule has 0 aliphatic heterocycles. The molecular weight excluding hydrogens is 310 g/mol. The Morgan fingerprint density at radius 2 is 2.14 bits per heavy atom. The van der Waals surface area contributed by atoms with Gasteiger partial charge in [-0.2, -0.15) is 0 Å². The largest absolute Gasteiger partial charge is 0.361 e. The topological polar surface area (TPSA) is 70.2 Å². The molecule has 0 unspecified atom stereocenters. The monoisotopic (exact) mass is 327 g/mol. The van der Waals surface area contributed by atoms with Crippen LogP contribution in [0, 0.1) is 10.1 Å². The summed E-state index contributed by atoms with van der Waals surface area (Å²) in [5.41, 5.74) is 1.24. The fourth-order valence-electron chi connectivity index (χ4n) is 1.86. The number of halogens is 1. The normalized spacial score (nSPS) is 12.0. The van der Waals surface area contributed by atoms with Crippen molar-refractivity contribution >= 4 is 36.4 Å². The zero-order valence-corrected chi connectivity index (χ0v) is 14.1. The van der Waals surface area contributed by atoms with E-state index in [9.17, 15) is 10.1 Å². The number of hydrogen-bond acceptors (Lipinski definition) is 4. The first-order chi connectivity index (χ1) is 9.78. The van der Waals surface area contributed by atoms with Crippen LogP contribution in [-0.4, -0.2) is 29.2 Å². The van der Waals surface area contributed by atoms with E-state index in [2.05, 4.69) is 24.6 Å². The fraction of sp³-hybridized carbons (Fsp3) is 0.462. The number of benzene rings is 1. The first-order valence-corrected chi connectivity index (χ1v) is 10.7. The van der Waals surface area contributed by atoms with Crippen molar-refractivity contribution in [3.8, 4) is 0 Å². The molecule has 1 aromatic heterocycles. The average molecular weight is 328 g/mol. The quantitative estimate of drug-likeness (QED) is 0.349. The molecular formula is C13H18ClN3O3Si. The summed E-state index contributed by atoms with van der Waals surface area (Å²) < 4.78 is 7.37. The number of nitro benzene ring substituents is 1. The van der Waals surface area contributed by atoms with E-state index in [4.69, 9.17) is 16.3 Å². The van der Waals surface area contributed by atoms with Crippen LogP contribution in [0.1, 0.15) is 0 Å². The van der Waals surface area contributed by atoms with Gasteiger partial charge in [0.05, 0.1) is 16.0 Å². The summed E-state index contributed by atoms with van der Waals surface area (Å²) in [4.78, 5) is 14.4. The molecule has 0 bridgehead atoms. The maximum Gasteiger partial charge on any atom is 0.271 e. The smallest absolute Gasteiger partial charge is 0.271 e. The SMILES string of the molecule is C[Si](C)(C)CCOCn1c(Cl)nc2cc([N+](=O)[O-])ccc21. The van der Waals surface area contributed by atoms with Crippen LogP contribution in [0.3, 0.4) is 0 Å². The zero-order valence-electron chi connectivity index (χ0n) is 12.3. The van der Waals surface area contributed by atoms with Gasteiger partial charge in [0.15, 0.2) is 0 Å². The molecule has 2 aromatic rings. The predicted octanol–water partition coefficient (Wildman–Crippen LogP) is 3.91. The highest BCUT2D eigenvalue weighted by atomic mass is 35.5. The third kappa shape index (κ3) is 4.02. The molecule has 0 N–H and O–H groups in total. The standard InChI is InChI=1S/C13H18ClN3O3Si/c1-21(2,3)7-6-20-9-16-12-5-4-10(17(18)19)8-11(12)15-13(16)14/h4-5,8H,6-7,9H2,1-3H3. The lowest BCUT2D eigenvalue weighted by atomic mass is 10.3. The van der Waals surface area contributed by atoms with Crippen LogP contribution >= 0.6 is 11.6 Å². The number of nitrogens with zero attached hydrogens (tertiary/aromatic N) is 3. The molecule has 0 saturated heterocycles. The second kappa shape index (κ2) is 6.13. The third-order valence-electron chi connectivity index (χ3n) is 3.11. The fourth-order valence-corrected chi connectivity index (χ4v) is 2.85. The molecule has 0 atom stereocenters. The van der Waals surface area contributed by atoms with E-state index in [-0.39, 0.29) is 11.0 Å². The van der Waals surface area contributed by atoms with Crippen LogP contribution in [0.25, 0.3) is 11.0 Å². The Labute approximate surface area is 128 Å². The lowest BCUT2D eigenvalue weighted by Gasteiger charge is -2.15. The van der Waals surface area contributed by atoms with Crippen molar-refractivity contribution in [3.05, 3.63) is 33.6 Å². The summed E-state index contributed by atoms with van der Waals surface area (Å²) in [7, 11) is -1.12. The minimum absolute atomic E-state index is 0.00321. The molecule has 21 heavy (non-hydrogen) atoms. The summed E-state index contributed by atoms with van der Waals surface area (Å²) in [5.74, 6) is 0. The van der Waals surface area contributed by atoms with Gasteiger partial charge in [-0.1, -0.05) is 19.6 Å². The summed E-state index contributed by atoms with van der Waals surface area (Å²) in [5, 5.41) is 11.0. The number of aromatic nitrogens is 2. The molecule has 8 heteroatoms. The van der Waals surface area contributed by atoms with E-state index >= 15 is 0 Å². The van der Waals surface area contributed by atoms with Gasteiger partial charge in [0.25, 0.3) is 5.69 Å². The van der Waals surface area contributed by atoms with E-state index in [1.165, 1.54) is 12.1 Å². The van der Waals surface area contributed by atoms with Gasteiger partial charge < -0.3 is 4.74 Å². The van der Waals surface area contributed by atoms with Crippen LogP contribution in [0.2, 0.25) is 31.0 Å². The van der Waals surface area contributed by atoms with Crippen LogP contribution < -0.4 is 0 Å². The Hall–Kier alpha value is -1.44. The molecule has 0 aliphatic carbocycles. The first-order valence-electron chi connectivity index (χ1n) is 6.66. The van der Waals surface area contributed by atoms with Gasteiger partial charge in [-0.25, -0.2) is 4.98 Å². The van der Waals surface area contributed by atoms with Crippen molar-refractivity contribution in [1.82, 2.24) is 9.55 Å². The molecule has 6 nitrogen and oxygen atoms in total. The van der Waals surface area contributed by atoms with Crippen molar-refractivity contribution < 1.29 is 9.66 Å². The van der Waals surface area contributed by atoms with Crippen molar-refractivity contribution in [2.24, 2.45) is 0 Å². The summed E-state index contributed by atoms with van der Waals surface area (Å²) in [6, 6.07) is 5.58. The summed E-state index contributed by atoms with van der Waals surface area (Å²) in [6.07, 6.45) is 0. The molecule has 0 aliphatic rings. The molecule has 0 radical (unpaired) electrons. The van der Waals surface area contributed by atoms with Crippen molar-refractivity contribution in [2.75, 3.05) is 6.61 Å². The lowest BCUT2D eigenvalue weighted by Crippen LogP contribution is -2.22. The van der Waals surface area contributed by atoms with E-state index in [0.29, 0.717) is 18.9 Å². The highest BCUT2D eigenvalue weighted by Crippen LogP contribution is 2.24. The highest BCUT2D eigenvalue weighted by Gasteiger charge is 2.15. The minimum atomic E-state index is -1.12. The summed E-state index contributed by atoms with van der Waals surface area (Å²) in [6.45, 7) is 7.84. The number of nitro groups is 1.